The fourth-order valence-corrected chi connectivity index (χ4v) is 3.82. The van der Waals surface area contributed by atoms with E-state index in [9.17, 15) is 4.79 Å². The topological polar surface area (TPSA) is 111 Å². The van der Waals surface area contributed by atoms with Gasteiger partial charge in [-0.3, -0.25) is 9.69 Å². The summed E-state index contributed by atoms with van der Waals surface area (Å²) < 4.78 is 7.43. The number of fused-ring (bicyclic) bond motifs is 1. The number of morpholine rings is 1. The Morgan fingerprint density at radius 2 is 2.07 bits per heavy atom. The van der Waals surface area contributed by atoms with E-state index < -0.39 is 0 Å². The average Bonchev–Trinajstić information content (AvgIpc) is 3.11. The van der Waals surface area contributed by atoms with Crippen molar-refractivity contribution in [3.8, 4) is 0 Å². The molecule has 158 valence electrons. The Morgan fingerprint density at radius 1 is 1.27 bits per heavy atom. The molecule has 4 rings (SSSR count). The maximum atomic E-state index is 12.6. The van der Waals surface area contributed by atoms with Gasteiger partial charge in [-0.2, -0.15) is 9.50 Å². The average molecular weight is 409 g/mol. The quantitative estimate of drug-likeness (QED) is 0.622. The minimum Gasteiger partial charge on any atom is -0.374 e. The number of aryl methyl sites for hydroxylation is 2. The van der Waals surface area contributed by atoms with E-state index in [-0.39, 0.29) is 24.4 Å². The number of nitrogens with zero attached hydrogens (tertiary/aromatic N) is 5. The van der Waals surface area contributed by atoms with Crippen molar-refractivity contribution in [2.45, 2.75) is 32.9 Å². The Labute approximate surface area is 175 Å². The van der Waals surface area contributed by atoms with Crippen LogP contribution < -0.4 is 11.1 Å². The van der Waals surface area contributed by atoms with Gasteiger partial charge in [-0.05, 0) is 19.4 Å². The normalized spacial score (nSPS) is 17.3. The molecule has 0 aliphatic carbocycles. The van der Waals surface area contributed by atoms with Gasteiger partial charge in [0.05, 0.1) is 19.1 Å². The third-order valence-corrected chi connectivity index (χ3v) is 5.40. The second kappa shape index (κ2) is 8.76. The molecule has 0 radical (unpaired) electrons. The van der Waals surface area contributed by atoms with Crippen LogP contribution in [0.4, 0.5) is 5.95 Å². The van der Waals surface area contributed by atoms with E-state index in [4.69, 9.17) is 10.5 Å². The van der Waals surface area contributed by atoms with Crippen LogP contribution >= 0.6 is 0 Å². The number of benzene rings is 1. The van der Waals surface area contributed by atoms with E-state index in [1.54, 1.807) is 4.52 Å². The Morgan fingerprint density at radius 3 is 2.87 bits per heavy atom. The Hall–Kier alpha value is -3.04. The number of nitrogen functional groups attached to an aromatic ring is 1. The zero-order valence-electron chi connectivity index (χ0n) is 17.3. The van der Waals surface area contributed by atoms with Crippen molar-refractivity contribution in [1.82, 2.24) is 29.8 Å². The van der Waals surface area contributed by atoms with Crippen molar-refractivity contribution < 1.29 is 9.53 Å². The molecule has 1 aromatic carbocycles. The minimum atomic E-state index is -0.0702. The Bertz CT molecular complexity index is 1030. The number of aromatic nitrogens is 4. The molecule has 9 nitrogen and oxygen atoms in total. The predicted molar refractivity (Wildman–Crippen MR) is 113 cm³/mol. The van der Waals surface area contributed by atoms with Crippen LogP contribution in [0.25, 0.3) is 5.78 Å². The smallest absolute Gasteiger partial charge is 0.254 e. The number of rotatable bonds is 6. The van der Waals surface area contributed by atoms with Crippen LogP contribution in [0.15, 0.2) is 30.3 Å². The molecule has 3 N–H and O–H groups in total. The molecule has 0 bridgehead atoms. The summed E-state index contributed by atoms with van der Waals surface area (Å²) in [5, 5.41) is 7.15. The molecule has 0 unspecified atom stereocenters. The van der Waals surface area contributed by atoms with Crippen molar-refractivity contribution in [2.75, 3.05) is 32.0 Å². The van der Waals surface area contributed by atoms with Crippen molar-refractivity contribution in [3.05, 3.63) is 52.8 Å². The fourth-order valence-electron chi connectivity index (χ4n) is 3.82. The lowest BCUT2D eigenvalue weighted by Gasteiger charge is -2.33. The van der Waals surface area contributed by atoms with E-state index in [0.29, 0.717) is 18.9 Å². The highest BCUT2D eigenvalue weighted by Gasteiger charge is 2.22. The number of nitrogens with one attached hydrogen (secondary N) is 1. The number of hydrogen-bond acceptors (Lipinski definition) is 7. The lowest BCUT2D eigenvalue weighted by molar-refractivity contribution is -0.121. The summed E-state index contributed by atoms with van der Waals surface area (Å²) in [6.07, 6.45) is 0.199. The van der Waals surface area contributed by atoms with E-state index in [0.717, 1.165) is 36.6 Å². The lowest BCUT2D eigenvalue weighted by Crippen LogP contribution is -2.47. The number of nitrogens with two attached hydrogens (primary N) is 1. The number of amides is 1. The number of hydrogen-bond donors (Lipinski definition) is 2. The lowest BCUT2D eigenvalue weighted by atomic mass is 10.1. The van der Waals surface area contributed by atoms with Gasteiger partial charge in [-0.1, -0.05) is 30.3 Å². The van der Waals surface area contributed by atoms with Crippen LogP contribution in [0.2, 0.25) is 0 Å². The van der Waals surface area contributed by atoms with Crippen LogP contribution in [-0.2, 0) is 22.5 Å². The van der Waals surface area contributed by atoms with Crippen molar-refractivity contribution in [1.29, 1.82) is 0 Å². The highest BCUT2D eigenvalue weighted by Crippen LogP contribution is 2.15. The number of carbonyl (C=O) groups is 1. The first-order valence-corrected chi connectivity index (χ1v) is 10.1. The molecule has 2 aromatic heterocycles. The molecule has 1 aliphatic rings. The summed E-state index contributed by atoms with van der Waals surface area (Å²) in [5.74, 6) is 0.543. The van der Waals surface area contributed by atoms with Gasteiger partial charge in [0.1, 0.15) is 0 Å². The summed E-state index contributed by atoms with van der Waals surface area (Å²) in [6.45, 7) is 7.48. The Kier molecular flexibility index (Phi) is 5.91. The summed E-state index contributed by atoms with van der Waals surface area (Å²) in [6, 6.07) is 10.4. The van der Waals surface area contributed by atoms with Gasteiger partial charge in [0.2, 0.25) is 11.9 Å². The summed E-state index contributed by atoms with van der Waals surface area (Å²) in [4.78, 5) is 23.4. The highest BCUT2D eigenvalue weighted by molar-refractivity contribution is 5.79. The summed E-state index contributed by atoms with van der Waals surface area (Å²) >= 11 is 0. The van der Waals surface area contributed by atoms with Gasteiger partial charge < -0.3 is 15.8 Å². The maximum absolute atomic E-state index is 12.6. The van der Waals surface area contributed by atoms with E-state index >= 15 is 0 Å². The zero-order chi connectivity index (χ0) is 21.1. The van der Waals surface area contributed by atoms with Crippen molar-refractivity contribution in [3.63, 3.8) is 0 Å². The summed E-state index contributed by atoms with van der Waals surface area (Å²) in [5.41, 5.74) is 9.36. The number of ether oxygens (including phenoxy) is 1. The first kappa shape index (κ1) is 20.2. The second-order valence-corrected chi connectivity index (χ2v) is 7.64. The van der Waals surface area contributed by atoms with E-state index in [1.165, 1.54) is 5.56 Å². The monoisotopic (exact) mass is 409 g/mol. The van der Waals surface area contributed by atoms with Gasteiger partial charge in [0, 0.05) is 43.1 Å². The maximum Gasteiger partial charge on any atom is 0.254 e. The highest BCUT2D eigenvalue weighted by atomic mass is 16.5. The molecule has 1 saturated heterocycles. The van der Waals surface area contributed by atoms with Crippen LogP contribution in [0.3, 0.4) is 0 Å². The molecule has 1 amide bonds. The largest absolute Gasteiger partial charge is 0.374 e. The molecule has 30 heavy (non-hydrogen) atoms. The molecule has 3 aromatic rings. The van der Waals surface area contributed by atoms with Gasteiger partial charge in [-0.25, -0.2) is 4.98 Å². The molecule has 1 aliphatic heterocycles. The first-order valence-electron chi connectivity index (χ1n) is 10.1. The van der Waals surface area contributed by atoms with Crippen LogP contribution in [0, 0.1) is 13.8 Å². The van der Waals surface area contributed by atoms with E-state index in [2.05, 4.69) is 49.5 Å². The second-order valence-electron chi connectivity index (χ2n) is 7.64. The zero-order valence-corrected chi connectivity index (χ0v) is 17.3. The minimum absolute atomic E-state index is 0.0238. The standard InChI is InChI=1S/C21H27N7O2/c1-14-18(15(2)28-21(24-14)25-20(22)26-28)10-19(29)23-11-17-13-27(8-9-30-17)12-16-6-4-3-5-7-16/h3-7,17H,8-13H2,1-2H3,(H2,22,26)(H,23,29)/t17-/m0/s1. The van der Waals surface area contributed by atoms with Gasteiger partial charge in [0.25, 0.3) is 5.78 Å². The molecule has 1 atom stereocenters. The van der Waals surface area contributed by atoms with Crippen LogP contribution in [-0.4, -0.2) is 62.7 Å². The third kappa shape index (κ3) is 4.58. The number of carbonyl (C=O) groups excluding carboxylic acids is 1. The fraction of sp³-hybridized carbons (Fsp3) is 0.429. The molecule has 0 spiro atoms. The molecule has 3 heterocycles. The van der Waals surface area contributed by atoms with Crippen LogP contribution in [0.1, 0.15) is 22.5 Å². The summed E-state index contributed by atoms with van der Waals surface area (Å²) in [7, 11) is 0. The molecular weight excluding hydrogens is 382 g/mol. The number of anilines is 1. The molecule has 9 heteroatoms. The first-order chi connectivity index (χ1) is 14.5. The SMILES string of the molecule is Cc1nc2nc(N)nn2c(C)c1CC(=O)NC[C@H]1CN(Cc2ccccc2)CCO1. The van der Waals surface area contributed by atoms with Gasteiger partial charge >= 0.3 is 0 Å². The Balaban J connectivity index is 1.33. The third-order valence-electron chi connectivity index (χ3n) is 5.40. The van der Waals surface area contributed by atoms with E-state index in [1.807, 2.05) is 19.9 Å². The van der Waals surface area contributed by atoms with Gasteiger partial charge in [-0.15, -0.1) is 5.10 Å². The molecule has 1 fully saturated rings. The van der Waals surface area contributed by atoms with Crippen molar-refractivity contribution >= 4 is 17.6 Å². The van der Waals surface area contributed by atoms with Gasteiger partial charge in [0.15, 0.2) is 0 Å². The molecule has 0 saturated carbocycles. The van der Waals surface area contributed by atoms with Crippen LogP contribution in [0.5, 0.6) is 0 Å². The molecular formula is C21H27N7O2. The van der Waals surface area contributed by atoms with Crippen molar-refractivity contribution in [2.24, 2.45) is 0 Å². The predicted octanol–water partition coefficient (Wildman–Crippen LogP) is 0.883.